The largest absolute Gasteiger partial charge is 0.310 e. The molecule has 2 nitrogen and oxygen atoms in total. The van der Waals surface area contributed by atoms with E-state index in [2.05, 4.69) is 230 Å². The van der Waals surface area contributed by atoms with Gasteiger partial charge in [-0.25, -0.2) is 0 Å². The Morgan fingerprint density at radius 2 is 0.763 bits per heavy atom. The van der Waals surface area contributed by atoms with Crippen LogP contribution in [0.1, 0.15) is 25.0 Å². The Kier molecular flexibility index (Phi) is 7.31. The fraction of sp³-hybridized carbons (Fsp3) is 0.0526. The van der Waals surface area contributed by atoms with E-state index in [1.807, 2.05) is 0 Å². The van der Waals surface area contributed by atoms with Crippen LogP contribution in [0.3, 0.4) is 0 Å². The molecule has 9 aromatic carbocycles. The number of aromatic nitrogens is 1. The number of para-hydroxylation sites is 2. The lowest BCUT2D eigenvalue weighted by Gasteiger charge is -2.30. The van der Waals surface area contributed by atoms with Crippen LogP contribution in [0.2, 0.25) is 0 Å². The first-order valence-corrected chi connectivity index (χ1v) is 20.6. The van der Waals surface area contributed by atoms with Gasteiger partial charge in [0.15, 0.2) is 0 Å². The summed E-state index contributed by atoms with van der Waals surface area (Å²) in [6.45, 7) is 4.74. The second-order valence-electron chi connectivity index (χ2n) is 16.5. The van der Waals surface area contributed by atoms with Crippen molar-refractivity contribution in [2.24, 2.45) is 0 Å². The Balaban J connectivity index is 1.13. The van der Waals surface area contributed by atoms with Crippen molar-refractivity contribution < 1.29 is 0 Å². The summed E-state index contributed by atoms with van der Waals surface area (Å²) >= 11 is 0. The molecule has 0 atom stereocenters. The van der Waals surface area contributed by atoms with Crippen molar-refractivity contribution in [3.05, 3.63) is 217 Å². The van der Waals surface area contributed by atoms with Crippen molar-refractivity contribution in [3.63, 3.8) is 0 Å². The van der Waals surface area contributed by atoms with E-state index in [1.54, 1.807) is 0 Å². The summed E-state index contributed by atoms with van der Waals surface area (Å²) in [5.74, 6) is 0. The van der Waals surface area contributed by atoms with Crippen LogP contribution in [-0.2, 0) is 5.41 Å². The highest BCUT2D eigenvalue weighted by molar-refractivity contribution is 6.11. The lowest BCUT2D eigenvalue weighted by atomic mass is 9.80. The first-order valence-electron chi connectivity index (χ1n) is 20.6. The van der Waals surface area contributed by atoms with Gasteiger partial charge >= 0.3 is 0 Å². The Bertz CT molecular complexity index is 3300. The molecular weight excluding hydrogens is 713 g/mol. The van der Waals surface area contributed by atoms with E-state index in [0.29, 0.717) is 0 Å². The minimum Gasteiger partial charge on any atom is -0.310 e. The zero-order valence-corrected chi connectivity index (χ0v) is 33.0. The quantitative estimate of drug-likeness (QED) is 0.174. The second kappa shape index (κ2) is 12.8. The molecule has 0 amide bonds. The lowest BCUT2D eigenvalue weighted by molar-refractivity contribution is 0.660. The van der Waals surface area contributed by atoms with Gasteiger partial charge in [-0.05, 0) is 127 Å². The van der Waals surface area contributed by atoms with Crippen molar-refractivity contribution in [2.75, 3.05) is 4.90 Å². The predicted molar refractivity (Wildman–Crippen MR) is 248 cm³/mol. The summed E-state index contributed by atoms with van der Waals surface area (Å²) in [5, 5.41) is 2.46. The van der Waals surface area contributed by atoms with E-state index in [-0.39, 0.29) is 5.41 Å². The molecule has 278 valence electrons. The first-order chi connectivity index (χ1) is 29.0. The maximum atomic E-state index is 2.48. The monoisotopic (exact) mass is 752 g/mol. The van der Waals surface area contributed by atoms with Gasteiger partial charge in [0.1, 0.15) is 0 Å². The first kappa shape index (κ1) is 33.7. The second-order valence-corrected chi connectivity index (χ2v) is 16.5. The molecule has 0 unspecified atom stereocenters. The summed E-state index contributed by atoms with van der Waals surface area (Å²) in [5.41, 5.74) is 22.1. The third kappa shape index (κ3) is 5.00. The fourth-order valence-corrected chi connectivity index (χ4v) is 10.2. The molecule has 1 aromatic heterocycles. The minimum atomic E-state index is -0.136. The Hall–Kier alpha value is -7.42. The van der Waals surface area contributed by atoms with Crippen molar-refractivity contribution in [1.82, 2.24) is 4.57 Å². The molecule has 1 heterocycles. The molecular formula is C57H40N2. The number of anilines is 3. The molecule has 10 aromatic rings. The van der Waals surface area contributed by atoms with Crippen LogP contribution in [0, 0.1) is 0 Å². The van der Waals surface area contributed by atoms with Gasteiger partial charge in [0, 0.05) is 38.9 Å². The summed E-state index contributed by atoms with van der Waals surface area (Å²) in [6, 6.07) is 76.4. The highest BCUT2D eigenvalue weighted by atomic mass is 15.1. The number of nitrogens with zero attached hydrogens (tertiary/aromatic N) is 2. The van der Waals surface area contributed by atoms with Gasteiger partial charge in [-0.3, -0.25) is 0 Å². The molecule has 59 heavy (non-hydrogen) atoms. The summed E-state index contributed by atoms with van der Waals surface area (Å²) in [6.07, 6.45) is 0. The molecule has 0 radical (unpaired) electrons. The molecule has 2 heteroatoms. The molecule has 2 aliphatic carbocycles. The number of benzene rings is 9. The summed E-state index contributed by atoms with van der Waals surface area (Å²) in [7, 11) is 0. The van der Waals surface area contributed by atoms with Crippen molar-refractivity contribution in [2.45, 2.75) is 19.3 Å². The molecule has 12 rings (SSSR count). The van der Waals surface area contributed by atoms with E-state index >= 15 is 0 Å². The molecule has 0 fully saturated rings. The van der Waals surface area contributed by atoms with Gasteiger partial charge in [0.2, 0.25) is 0 Å². The normalized spacial score (nSPS) is 13.1. The topological polar surface area (TPSA) is 8.17 Å². The maximum absolute atomic E-state index is 2.48. The number of hydrogen-bond donors (Lipinski definition) is 0. The fourth-order valence-electron chi connectivity index (χ4n) is 10.2. The van der Waals surface area contributed by atoms with E-state index < -0.39 is 0 Å². The van der Waals surface area contributed by atoms with Gasteiger partial charge in [-0.15, -0.1) is 0 Å². The van der Waals surface area contributed by atoms with Crippen LogP contribution in [0.5, 0.6) is 0 Å². The third-order valence-corrected chi connectivity index (χ3v) is 13.0. The molecule has 0 saturated heterocycles. The molecule has 0 bridgehead atoms. The highest BCUT2D eigenvalue weighted by Crippen LogP contribution is 2.53. The van der Waals surface area contributed by atoms with Crippen LogP contribution in [0.4, 0.5) is 17.1 Å². The lowest BCUT2D eigenvalue weighted by Crippen LogP contribution is -2.16. The Labute approximate surface area is 344 Å². The highest BCUT2D eigenvalue weighted by Gasteiger charge is 2.36. The average Bonchev–Trinajstić information content (AvgIpc) is 3.74. The molecule has 0 N–H and O–H groups in total. The van der Waals surface area contributed by atoms with Crippen LogP contribution in [0.25, 0.3) is 83.1 Å². The standard InChI is InChI=1S/C57H40N2/c1-57(2)53-26-14-12-24-48(53)49-32-29-40(36-54(49)57)58(39-30-33-56-52(35-39)50-25-13-15-27-55(50)59(56)37-16-4-3-5-17-37)38-28-31-47-45-22-9-8-20-43(45)41-18-6-7-19-42(41)44-21-10-11-23-46(44)51(47)34-38/h3-36H,1-2H3. The molecule has 0 spiro atoms. The zero-order valence-electron chi connectivity index (χ0n) is 33.0. The SMILES string of the molecule is CC1(C)c2ccccc2-c2ccc(N(c3ccc4c(c3)-c3ccccc3-c3ccccc3-c3ccccc3-4)c3ccc4c(c3)c3ccccc3n4-c3ccccc3)cc21. The predicted octanol–water partition coefficient (Wildman–Crippen LogP) is 15.5. The number of fused-ring (bicyclic) bond motifs is 14. The molecule has 0 saturated carbocycles. The van der Waals surface area contributed by atoms with Crippen molar-refractivity contribution >= 4 is 38.9 Å². The van der Waals surface area contributed by atoms with Crippen LogP contribution < -0.4 is 4.90 Å². The smallest absolute Gasteiger partial charge is 0.0542 e. The van der Waals surface area contributed by atoms with Crippen molar-refractivity contribution in [1.29, 1.82) is 0 Å². The van der Waals surface area contributed by atoms with Crippen LogP contribution >= 0.6 is 0 Å². The molecule has 0 aliphatic heterocycles. The van der Waals surface area contributed by atoms with E-state index in [9.17, 15) is 0 Å². The summed E-state index contributed by atoms with van der Waals surface area (Å²) < 4.78 is 2.39. The van der Waals surface area contributed by atoms with Crippen molar-refractivity contribution in [3.8, 4) is 61.3 Å². The third-order valence-electron chi connectivity index (χ3n) is 13.0. The molecule has 2 aliphatic rings. The van der Waals surface area contributed by atoms with E-state index in [0.717, 1.165) is 22.7 Å². The zero-order chi connectivity index (χ0) is 39.2. The van der Waals surface area contributed by atoms with Gasteiger partial charge in [0.05, 0.1) is 11.0 Å². The Morgan fingerprint density at radius 1 is 0.322 bits per heavy atom. The van der Waals surface area contributed by atoms with Gasteiger partial charge in [-0.2, -0.15) is 0 Å². The maximum Gasteiger partial charge on any atom is 0.0542 e. The van der Waals surface area contributed by atoms with Gasteiger partial charge in [0.25, 0.3) is 0 Å². The summed E-state index contributed by atoms with van der Waals surface area (Å²) in [4.78, 5) is 2.48. The van der Waals surface area contributed by atoms with Gasteiger partial charge < -0.3 is 9.47 Å². The van der Waals surface area contributed by atoms with Gasteiger partial charge in [-0.1, -0.05) is 159 Å². The minimum absolute atomic E-state index is 0.136. The number of rotatable bonds is 4. The van der Waals surface area contributed by atoms with E-state index in [1.165, 1.54) is 88.6 Å². The van der Waals surface area contributed by atoms with Crippen LogP contribution in [0.15, 0.2) is 206 Å². The van der Waals surface area contributed by atoms with E-state index in [4.69, 9.17) is 0 Å². The average molecular weight is 753 g/mol. The number of hydrogen-bond acceptors (Lipinski definition) is 1. The Morgan fingerprint density at radius 3 is 1.42 bits per heavy atom. The van der Waals surface area contributed by atoms with Crippen LogP contribution in [-0.4, -0.2) is 4.57 Å².